The molecule has 0 spiro atoms. The largest absolute Gasteiger partial charge is 0.450 e. The molecular formula is C5H2F6O2. The molecular weight excluding hydrogens is 206 g/mol. The van der Waals surface area contributed by atoms with E-state index in [2.05, 4.69) is 0 Å². The van der Waals surface area contributed by atoms with Crippen molar-refractivity contribution < 1.29 is 38.7 Å². The maximum absolute atomic E-state index is 11.6. The molecule has 0 aliphatic rings. The molecule has 0 saturated carbocycles. The molecule has 0 aromatic rings. The highest BCUT2D eigenvalue weighted by atomic mass is 19.4. The number of carbonyl (C=O) groups excluding carboxylic acids is 2. The van der Waals surface area contributed by atoms with Crippen LogP contribution in [0.25, 0.3) is 0 Å². The van der Waals surface area contributed by atoms with Gasteiger partial charge in [0.05, 0.1) is 6.37 Å². The van der Waals surface area contributed by atoms with E-state index >= 15 is 0 Å². The van der Waals surface area contributed by atoms with Gasteiger partial charge in [-0.05, 0) is 0 Å². The molecule has 76 valence electrons. The van der Waals surface area contributed by atoms with Gasteiger partial charge in [0.15, 0.2) is 0 Å². The highest BCUT2D eigenvalue weighted by Gasteiger charge is 2.46. The van der Waals surface area contributed by atoms with Crippen molar-refractivity contribution in [2.45, 2.75) is 18.7 Å². The summed E-state index contributed by atoms with van der Waals surface area (Å²) in [6.07, 6.45) is -16.3. The summed E-state index contributed by atoms with van der Waals surface area (Å²) in [5, 5.41) is 0. The molecule has 8 heteroatoms. The third-order valence-electron chi connectivity index (χ3n) is 0.742. The Kier molecular flexibility index (Phi) is 2.19. The maximum Gasteiger partial charge on any atom is 0.450 e. The lowest BCUT2D eigenvalue weighted by Gasteiger charge is -2.06. The minimum atomic E-state index is -5.84. The van der Waals surface area contributed by atoms with E-state index in [0.29, 0.717) is 0 Å². The smallest absolute Gasteiger partial charge is 0.289 e. The molecule has 0 heterocycles. The molecule has 0 atom stereocenters. The van der Waals surface area contributed by atoms with Gasteiger partial charge in [-0.3, -0.25) is 9.59 Å². The summed E-state index contributed by atoms with van der Waals surface area (Å²) in [6, 6.07) is 0. The van der Waals surface area contributed by atoms with E-state index in [0.717, 1.165) is 0 Å². The Hall–Kier alpha value is -1.08. The Morgan fingerprint density at radius 2 is 1.15 bits per heavy atom. The minimum Gasteiger partial charge on any atom is -0.289 e. The molecule has 0 bridgehead atoms. The number of hydrogen-bond acceptors (Lipinski definition) is 2. The minimum absolute atomic E-state index is 3.38. The zero-order valence-corrected chi connectivity index (χ0v) is 5.58. The Balaban J connectivity index is 5.18. The van der Waals surface area contributed by atoms with Crippen molar-refractivity contribution in [3.05, 3.63) is 0 Å². The van der Waals surface area contributed by atoms with Crippen molar-refractivity contribution in [3.63, 3.8) is 0 Å². The Morgan fingerprint density at radius 3 is 1.31 bits per heavy atom. The van der Waals surface area contributed by atoms with Crippen LogP contribution in [0.3, 0.4) is 0 Å². The lowest BCUT2D eigenvalue weighted by atomic mass is 10.2. The van der Waals surface area contributed by atoms with Gasteiger partial charge in [0, 0.05) is 2.74 Å². The van der Waals surface area contributed by atoms with Gasteiger partial charge in [-0.25, -0.2) is 0 Å². The average Bonchev–Trinajstić information content (AvgIpc) is 1.98. The zero-order valence-electron chi connectivity index (χ0n) is 7.58. The maximum atomic E-state index is 11.6. The number of carbonyl (C=O) groups is 2. The predicted octanol–water partition coefficient (Wildman–Crippen LogP) is 1.64. The topological polar surface area (TPSA) is 34.1 Å². The van der Waals surface area contributed by atoms with Crippen LogP contribution in [0.5, 0.6) is 0 Å². The summed E-state index contributed by atoms with van der Waals surface area (Å²) in [4.78, 5) is 20.3. The number of ketones is 2. The van der Waals surface area contributed by atoms with Crippen LogP contribution in [-0.2, 0) is 9.59 Å². The van der Waals surface area contributed by atoms with E-state index < -0.39 is 30.3 Å². The second kappa shape index (κ2) is 3.35. The second-order valence-corrected chi connectivity index (χ2v) is 1.78. The van der Waals surface area contributed by atoms with Crippen molar-refractivity contribution in [2.75, 3.05) is 0 Å². The van der Waals surface area contributed by atoms with Crippen LogP contribution in [-0.4, -0.2) is 23.9 Å². The fraction of sp³-hybridized carbons (Fsp3) is 0.600. The number of rotatable bonds is 2. The van der Waals surface area contributed by atoms with Gasteiger partial charge >= 0.3 is 12.4 Å². The van der Waals surface area contributed by atoms with Crippen LogP contribution in [0.4, 0.5) is 26.3 Å². The molecule has 0 aromatic carbocycles. The summed E-state index contributed by atoms with van der Waals surface area (Å²) < 4.78 is 81.9. The van der Waals surface area contributed by atoms with Gasteiger partial charge < -0.3 is 0 Å². The quantitative estimate of drug-likeness (QED) is 0.512. The third kappa shape index (κ3) is 3.90. The first-order chi connectivity index (χ1) is 6.31. The van der Waals surface area contributed by atoms with Gasteiger partial charge in [-0.2, -0.15) is 26.3 Å². The molecule has 0 aliphatic heterocycles. The first-order valence-electron chi connectivity index (χ1n) is 3.54. The standard InChI is InChI=1S/C5H2F6O2/c6-4(7,8)2(12)1-3(13)5(9,10)11/h1H2/i1D2. The van der Waals surface area contributed by atoms with Gasteiger partial charge in [0.1, 0.15) is 0 Å². The molecule has 13 heavy (non-hydrogen) atoms. The van der Waals surface area contributed by atoms with E-state index in [1.165, 1.54) is 0 Å². The van der Waals surface area contributed by atoms with Crippen LogP contribution in [0.15, 0.2) is 0 Å². The first-order valence-corrected chi connectivity index (χ1v) is 2.54. The van der Waals surface area contributed by atoms with E-state index in [9.17, 15) is 35.9 Å². The van der Waals surface area contributed by atoms with E-state index in [1.807, 2.05) is 0 Å². The Labute approximate surface area is 70.3 Å². The molecule has 0 saturated heterocycles. The zero-order chi connectivity index (χ0) is 12.7. The predicted molar refractivity (Wildman–Crippen MR) is 26.7 cm³/mol. The molecule has 0 rings (SSSR count). The molecule has 0 aliphatic carbocycles. The lowest BCUT2D eigenvalue weighted by Crippen LogP contribution is -2.31. The Bertz CT molecular complexity index is 263. The number of alkyl halides is 6. The van der Waals surface area contributed by atoms with E-state index in [4.69, 9.17) is 2.74 Å². The Morgan fingerprint density at radius 1 is 0.923 bits per heavy atom. The highest BCUT2D eigenvalue weighted by molar-refractivity contribution is 6.03. The van der Waals surface area contributed by atoms with Gasteiger partial charge in [-0.15, -0.1) is 0 Å². The van der Waals surface area contributed by atoms with Crippen LogP contribution >= 0.6 is 0 Å². The summed E-state index contributed by atoms with van der Waals surface area (Å²) in [7, 11) is 0. The molecule has 0 fully saturated rings. The highest BCUT2D eigenvalue weighted by Crippen LogP contribution is 2.23. The number of halogens is 6. The van der Waals surface area contributed by atoms with Crippen molar-refractivity contribution >= 4 is 11.6 Å². The number of Topliss-reactive ketones (excluding diaryl/α,β-unsaturated/α-hetero) is 2. The fourth-order valence-corrected chi connectivity index (χ4v) is 0.245. The van der Waals surface area contributed by atoms with Gasteiger partial charge in [-0.1, -0.05) is 0 Å². The normalized spacial score (nSPS) is 16.2. The molecule has 0 radical (unpaired) electrons. The SMILES string of the molecule is [2H]C([2H])(C(=O)C(F)(F)F)C(=O)C(F)(F)F. The monoisotopic (exact) mass is 210 g/mol. The van der Waals surface area contributed by atoms with Crippen LogP contribution in [0.1, 0.15) is 9.11 Å². The van der Waals surface area contributed by atoms with Crippen molar-refractivity contribution in [2.24, 2.45) is 0 Å². The van der Waals surface area contributed by atoms with Gasteiger partial charge in [0.2, 0.25) is 11.6 Å². The molecule has 0 unspecified atom stereocenters. The molecule has 2 nitrogen and oxygen atoms in total. The molecule has 0 amide bonds. The average molecular weight is 210 g/mol. The summed E-state index contributed by atoms with van der Waals surface area (Å²) >= 11 is 0. The summed E-state index contributed by atoms with van der Waals surface area (Å²) in [5.74, 6) is -6.75. The van der Waals surface area contributed by atoms with Gasteiger partial charge in [0.25, 0.3) is 0 Å². The van der Waals surface area contributed by atoms with Crippen molar-refractivity contribution in [1.29, 1.82) is 0 Å². The van der Waals surface area contributed by atoms with Crippen molar-refractivity contribution in [3.8, 4) is 0 Å². The number of hydrogen-bond donors (Lipinski definition) is 0. The first kappa shape index (κ1) is 8.52. The fourth-order valence-electron chi connectivity index (χ4n) is 0.245. The van der Waals surface area contributed by atoms with Crippen LogP contribution in [0.2, 0.25) is 0 Å². The van der Waals surface area contributed by atoms with Crippen molar-refractivity contribution in [1.82, 2.24) is 0 Å². The summed E-state index contributed by atoms with van der Waals surface area (Å²) in [5.41, 5.74) is 0. The van der Waals surface area contributed by atoms with E-state index in [-0.39, 0.29) is 0 Å². The molecule has 0 N–H and O–H groups in total. The van der Waals surface area contributed by atoms with E-state index in [1.54, 1.807) is 0 Å². The third-order valence-corrected chi connectivity index (χ3v) is 0.742. The molecule has 0 aromatic heterocycles. The lowest BCUT2D eigenvalue weighted by molar-refractivity contribution is -0.182. The van der Waals surface area contributed by atoms with Crippen LogP contribution < -0.4 is 0 Å². The second-order valence-electron chi connectivity index (χ2n) is 1.78. The summed E-state index contributed by atoms with van der Waals surface area (Å²) in [6.45, 7) is 0. The van der Waals surface area contributed by atoms with Crippen LogP contribution in [0, 0.1) is 0 Å².